The highest BCUT2D eigenvalue weighted by Crippen LogP contribution is 2.26. The van der Waals surface area contributed by atoms with Crippen LogP contribution < -0.4 is 5.32 Å². The van der Waals surface area contributed by atoms with E-state index in [2.05, 4.69) is 24.1 Å². The first-order valence-corrected chi connectivity index (χ1v) is 6.74. The van der Waals surface area contributed by atoms with E-state index in [1.54, 1.807) is 0 Å². The van der Waals surface area contributed by atoms with E-state index in [1.165, 1.54) is 12.8 Å². The zero-order chi connectivity index (χ0) is 11.5. The van der Waals surface area contributed by atoms with Gasteiger partial charge in [0.25, 0.3) is 0 Å². The monoisotopic (exact) mass is 224 g/mol. The molecule has 3 atom stereocenters. The third kappa shape index (κ3) is 2.40. The molecular weight excluding hydrogens is 200 g/mol. The Kier molecular flexibility index (Phi) is 3.85. The highest BCUT2D eigenvalue weighted by molar-refractivity contribution is 5.78. The second kappa shape index (κ2) is 5.17. The first kappa shape index (κ1) is 11.9. The van der Waals surface area contributed by atoms with E-state index in [-0.39, 0.29) is 5.92 Å². The zero-order valence-corrected chi connectivity index (χ0v) is 10.5. The van der Waals surface area contributed by atoms with Crippen molar-refractivity contribution in [3.05, 3.63) is 0 Å². The summed E-state index contributed by atoms with van der Waals surface area (Å²) in [5.74, 6) is 1.41. The van der Waals surface area contributed by atoms with E-state index in [9.17, 15) is 4.79 Å². The molecule has 1 unspecified atom stereocenters. The first-order chi connectivity index (χ1) is 7.72. The summed E-state index contributed by atoms with van der Waals surface area (Å²) >= 11 is 0. The molecule has 0 bridgehead atoms. The lowest BCUT2D eigenvalue weighted by Gasteiger charge is -2.36. The van der Waals surface area contributed by atoms with E-state index in [1.807, 2.05) is 0 Å². The Bertz CT molecular complexity index is 254. The molecule has 0 aromatic rings. The molecule has 2 rings (SSSR count). The Morgan fingerprint density at radius 2 is 2.31 bits per heavy atom. The number of likely N-dealkylation sites (tertiary alicyclic amines) is 1. The first-order valence-electron chi connectivity index (χ1n) is 6.74. The maximum Gasteiger partial charge on any atom is 0.225 e. The molecule has 0 aromatic carbocycles. The number of rotatable bonds is 3. The second-order valence-electron chi connectivity index (χ2n) is 5.37. The topological polar surface area (TPSA) is 32.3 Å². The maximum absolute atomic E-state index is 12.2. The number of nitrogens with one attached hydrogen (secondary N) is 1. The largest absolute Gasteiger partial charge is 0.341 e. The van der Waals surface area contributed by atoms with Crippen LogP contribution in [0.3, 0.4) is 0 Å². The van der Waals surface area contributed by atoms with Gasteiger partial charge in [-0.3, -0.25) is 4.79 Å². The second-order valence-corrected chi connectivity index (χ2v) is 5.37. The SMILES string of the molecule is CCCC(C)C(=O)N1CC[C@@H]2CCN[C@@H]2C1. The van der Waals surface area contributed by atoms with Crippen LogP contribution in [-0.4, -0.2) is 36.5 Å². The number of fused-ring (bicyclic) bond motifs is 1. The minimum absolute atomic E-state index is 0.211. The number of amides is 1. The van der Waals surface area contributed by atoms with Crippen LogP contribution in [0.4, 0.5) is 0 Å². The van der Waals surface area contributed by atoms with Crippen LogP contribution in [0, 0.1) is 11.8 Å². The molecule has 0 spiro atoms. The van der Waals surface area contributed by atoms with Crippen molar-refractivity contribution in [2.45, 2.75) is 45.6 Å². The van der Waals surface area contributed by atoms with Crippen LogP contribution >= 0.6 is 0 Å². The average Bonchev–Trinajstić information content (AvgIpc) is 2.75. The lowest BCUT2D eigenvalue weighted by atomic mass is 9.91. The Hall–Kier alpha value is -0.570. The number of carbonyl (C=O) groups is 1. The maximum atomic E-state index is 12.2. The third-order valence-corrected chi connectivity index (χ3v) is 4.13. The molecule has 0 radical (unpaired) electrons. The molecule has 2 aliphatic heterocycles. The number of nitrogens with zero attached hydrogens (tertiary/aromatic N) is 1. The summed E-state index contributed by atoms with van der Waals surface area (Å²) in [4.78, 5) is 14.3. The smallest absolute Gasteiger partial charge is 0.225 e. The quantitative estimate of drug-likeness (QED) is 0.790. The molecule has 0 aromatic heterocycles. The summed E-state index contributed by atoms with van der Waals surface area (Å²) in [6, 6.07) is 0.575. The van der Waals surface area contributed by atoms with Gasteiger partial charge in [0.15, 0.2) is 0 Å². The Balaban J connectivity index is 1.88. The predicted octanol–water partition coefficient (Wildman–Crippen LogP) is 1.63. The number of hydrogen-bond donors (Lipinski definition) is 1. The van der Waals surface area contributed by atoms with Crippen molar-refractivity contribution in [3.8, 4) is 0 Å². The number of carbonyl (C=O) groups excluding carboxylic acids is 1. The minimum Gasteiger partial charge on any atom is -0.341 e. The van der Waals surface area contributed by atoms with Gasteiger partial charge in [0.2, 0.25) is 5.91 Å². The predicted molar refractivity (Wildman–Crippen MR) is 65.2 cm³/mol. The molecule has 2 aliphatic rings. The summed E-state index contributed by atoms with van der Waals surface area (Å²) in [5, 5.41) is 3.52. The molecule has 3 heteroatoms. The van der Waals surface area contributed by atoms with E-state index < -0.39 is 0 Å². The summed E-state index contributed by atoms with van der Waals surface area (Å²) in [6.07, 6.45) is 4.63. The fourth-order valence-corrected chi connectivity index (χ4v) is 3.10. The van der Waals surface area contributed by atoms with Crippen LogP contribution in [0.25, 0.3) is 0 Å². The van der Waals surface area contributed by atoms with Crippen LogP contribution in [0.1, 0.15) is 39.5 Å². The van der Waals surface area contributed by atoms with Crippen molar-refractivity contribution in [2.24, 2.45) is 11.8 Å². The molecule has 92 valence electrons. The molecule has 2 fully saturated rings. The van der Waals surface area contributed by atoms with Gasteiger partial charge in [0.05, 0.1) is 0 Å². The van der Waals surface area contributed by atoms with Gasteiger partial charge in [0.1, 0.15) is 0 Å². The van der Waals surface area contributed by atoms with Crippen LogP contribution in [-0.2, 0) is 4.79 Å². The van der Waals surface area contributed by atoms with Gasteiger partial charge in [-0.15, -0.1) is 0 Å². The third-order valence-electron chi connectivity index (χ3n) is 4.13. The van der Waals surface area contributed by atoms with Gasteiger partial charge >= 0.3 is 0 Å². The Morgan fingerprint density at radius 1 is 1.50 bits per heavy atom. The number of piperidine rings is 1. The molecule has 3 nitrogen and oxygen atoms in total. The van der Waals surface area contributed by atoms with Crippen LogP contribution in [0.5, 0.6) is 0 Å². The van der Waals surface area contributed by atoms with Gasteiger partial charge in [-0.05, 0) is 31.7 Å². The van der Waals surface area contributed by atoms with E-state index in [0.717, 1.165) is 38.4 Å². The molecule has 2 heterocycles. The zero-order valence-electron chi connectivity index (χ0n) is 10.5. The summed E-state index contributed by atoms with van der Waals surface area (Å²) < 4.78 is 0. The van der Waals surface area contributed by atoms with E-state index in [4.69, 9.17) is 0 Å². The van der Waals surface area contributed by atoms with Crippen molar-refractivity contribution in [1.29, 1.82) is 0 Å². The van der Waals surface area contributed by atoms with Gasteiger partial charge in [-0.25, -0.2) is 0 Å². The average molecular weight is 224 g/mol. The summed E-state index contributed by atoms with van der Waals surface area (Å²) in [6.45, 7) is 7.28. The summed E-state index contributed by atoms with van der Waals surface area (Å²) in [5.41, 5.74) is 0. The van der Waals surface area contributed by atoms with Crippen molar-refractivity contribution in [2.75, 3.05) is 19.6 Å². The van der Waals surface area contributed by atoms with E-state index >= 15 is 0 Å². The van der Waals surface area contributed by atoms with Gasteiger partial charge in [-0.2, -0.15) is 0 Å². The van der Waals surface area contributed by atoms with Crippen molar-refractivity contribution in [3.63, 3.8) is 0 Å². The van der Waals surface area contributed by atoms with Crippen LogP contribution in [0.15, 0.2) is 0 Å². The highest BCUT2D eigenvalue weighted by Gasteiger charge is 2.35. The lowest BCUT2D eigenvalue weighted by molar-refractivity contribution is -0.137. The molecule has 1 N–H and O–H groups in total. The molecule has 0 aliphatic carbocycles. The number of hydrogen-bond acceptors (Lipinski definition) is 2. The van der Waals surface area contributed by atoms with Gasteiger partial charge < -0.3 is 10.2 Å². The van der Waals surface area contributed by atoms with Crippen molar-refractivity contribution >= 4 is 5.91 Å². The lowest BCUT2D eigenvalue weighted by Crippen LogP contribution is -2.50. The fourth-order valence-electron chi connectivity index (χ4n) is 3.10. The fraction of sp³-hybridized carbons (Fsp3) is 0.923. The van der Waals surface area contributed by atoms with E-state index in [0.29, 0.717) is 11.9 Å². The van der Waals surface area contributed by atoms with Gasteiger partial charge in [0, 0.05) is 25.0 Å². The Labute approximate surface area is 98.6 Å². The summed E-state index contributed by atoms with van der Waals surface area (Å²) in [7, 11) is 0. The van der Waals surface area contributed by atoms with Gasteiger partial charge in [-0.1, -0.05) is 20.3 Å². The van der Waals surface area contributed by atoms with Crippen molar-refractivity contribution in [1.82, 2.24) is 10.2 Å². The minimum atomic E-state index is 0.211. The molecule has 16 heavy (non-hydrogen) atoms. The molecule has 0 saturated carbocycles. The Morgan fingerprint density at radius 3 is 3.06 bits per heavy atom. The van der Waals surface area contributed by atoms with Crippen molar-refractivity contribution < 1.29 is 4.79 Å². The normalized spacial score (nSPS) is 31.2. The molecule has 2 saturated heterocycles. The molecule has 1 amide bonds. The standard InChI is InChI=1S/C13H24N2O/c1-3-4-10(2)13(16)15-8-6-11-5-7-14-12(11)9-15/h10-12,14H,3-9H2,1-2H3/t10?,11-,12+/m0/s1. The highest BCUT2D eigenvalue weighted by atomic mass is 16.2. The molecular formula is C13H24N2O. The van der Waals surface area contributed by atoms with Crippen LogP contribution in [0.2, 0.25) is 0 Å².